The Bertz CT molecular complexity index is 540. The molecule has 0 saturated carbocycles. The van der Waals surface area contributed by atoms with E-state index in [0.717, 1.165) is 18.4 Å². The van der Waals surface area contributed by atoms with Crippen LogP contribution in [-0.2, 0) is 17.8 Å². The first-order valence-electron chi connectivity index (χ1n) is 7.43. The molecule has 0 radical (unpaired) electrons. The van der Waals surface area contributed by atoms with Gasteiger partial charge in [0.1, 0.15) is 0 Å². The number of nitrogens with zero attached hydrogens (tertiary/aromatic N) is 1. The largest absolute Gasteiger partial charge is 0.352 e. The van der Waals surface area contributed by atoms with E-state index >= 15 is 0 Å². The zero-order valence-electron chi connectivity index (χ0n) is 12.5. The van der Waals surface area contributed by atoms with E-state index in [2.05, 4.69) is 41.5 Å². The number of carbonyl (C=O) groups is 1. The van der Waals surface area contributed by atoms with Crippen molar-refractivity contribution in [2.75, 3.05) is 0 Å². The van der Waals surface area contributed by atoms with E-state index in [0.29, 0.717) is 18.9 Å². The smallest absolute Gasteiger partial charge is 0.220 e. The number of amides is 1. The van der Waals surface area contributed by atoms with Crippen LogP contribution in [-0.4, -0.2) is 10.9 Å². The molecule has 0 fully saturated rings. The molecule has 1 heterocycles. The van der Waals surface area contributed by atoms with Crippen molar-refractivity contribution < 1.29 is 4.79 Å². The fourth-order valence-electron chi connectivity index (χ4n) is 2.25. The summed E-state index contributed by atoms with van der Waals surface area (Å²) in [6.45, 7) is 2.71. The number of nitrogens with one attached hydrogen (secondary N) is 1. The summed E-state index contributed by atoms with van der Waals surface area (Å²) in [6, 6.07) is 14.2. The topological polar surface area (TPSA) is 42.0 Å². The predicted molar refractivity (Wildman–Crippen MR) is 84.6 cm³/mol. The average Bonchev–Trinajstić information content (AvgIpc) is 2.53. The van der Waals surface area contributed by atoms with Crippen LogP contribution in [0.4, 0.5) is 0 Å². The maximum absolute atomic E-state index is 11.9. The second-order valence-corrected chi connectivity index (χ2v) is 5.47. The Balaban J connectivity index is 1.67. The molecule has 1 aromatic carbocycles. The predicted octanol–water partition coefficient (Wildman–Crippen LogP) is 3.36. The summed E-state index contributed by atoms with van der Waals surface area (Å²) in [7, 11) is 0. The standard InChI is InChI=1S/C18H22N2O/c1-15(7-8-16-5-3-2-4-6-16)13-18(21)20-14-17-9-11-19-12-10-17/h2-6,9-12,15H,7-8,13-14H2,1H3,(H,20,21). The van der Waals surface area contributed by atoms with Crippen molar-refractivity contribution in [1.29, 1.82) is 0 Å². The lowest BCUT2D eigenvalue weighted by molar-refractivity contribution is -0.122. The Morgan fingerprint density at radius 3 is 2.52 bits per heavy atom. The van der Waals surface area contributed by atoms with Gasteiger partial charge >= 0.3 is 0 Å². The molecule has 1 N–H and O–H groups in total. The summed E-state index contributed by atoms with van der Waals surface area (Å²) in [5.74, 6) is 0.509. The van der Waals surface area contributed by atoms with E-state index < -0.39 is 0 Å². The third-order valence-electron chi connectivity index (χ3n) is 3.54. The second kappa shape index (κ2) is 8.20. The van der Waals surface area contributed by atoms with Gasteiger partial charge in [-0.2, -0.15) is 0 Å². The number of rotatable bonds is 7. The van der Waals surface area contributed by atoms with E-state index in [4.69, 9.17) is 0 Å². The quantitative estimate of drug-likeness (QED) is 0.846. The highest BCUT2D eigenvalue weighted by Gasteiger charge is 2.09. The van der Waals surface area contributed by atoms with Crippen LogP contribution in [0, 0.1) is 5.92 Å². The summed E-state index contributed by atoms with van der Waals surface area (Å²) in [5.41, 5.74) is 2.41. The van der Waals surface area contributed by atoms with E-state index in [9.17, 15) is 4.79 Å². The fraction of sp³-hybridized carbons (Fsp3) is 0.333. The highest BCUT2D eigenvalue weighted by molar-refractivity contribution is 5.76. The van der Waals surface area contributed by atoms with Crippen molar-refractivity contribution in [2.45, 2.75) is 32.7 Å². The average molecular weight is 282 g/mol. The molecule has 0 saturated heterocycles. The Labute approximate surface area is 126 Å². The number of aromatic nitrogens is 1. The molecule has 0 bridgehead atoms. The molecule has 21 heavy (non-hydrogen) atoms. The molecule has 1 unspecified atom stereocenters. The monoisotopic (exact) mass is 282 g/mol. The molecule has 3 nitrogen and oxygen atoms in total. The van der Waals surface area contributed by atoms with Gasteiger partial charge in [-0.25, -0.2) is 0 Å². The van der Waals surface area contributed by atoms with Crippen LogP contribution in [0.3, 0.4) is 0 Å². The Morgan fingerprint density at radius 1 is 1.10 bits per heavy atom. The van der Waals surface area contributed by atoms with Crippen molar-refractivity contribution in [3.63, 3.8) is 0 Å². The van der Waals surface area contributed by atoms with Crippen molar-refractivity contribution in [3.8, 4) is 0 Å². The van der Waals surface area contributed by atoms with Crippen molar-refractivity contribution >= 4 is 5.91 Å². The molecule has 2 rings (SSSR count). The third-order valence-corrected chi connectivity index (χ3v) is 3.54. The summed E-state index contributed by atoms with van der Waals surface area (Å²) in [5, 5.41) is 2.96. The first kappa shape index (κ1) is 15.2. The van der Waals surface area contributed by atoms with E-state index in [1.807, 2.05) is 18.2 Å². The summed E-state index contributed by atoms with van der Waals surface area (Å²) < 4.78 is 0. The van der Waals surface area contributed by atoms with Crippen molar-refractivity contribution in [3.05, 3.63) is 66.0 Å². The van der Waals surface area contributed by atoms with E-state index in [1.54, 1.807) is 12.4 Å². The zero-order chi connectivity index (χ0) is 14.9. The molecule has 2 aromatic rings. The van der Waals surface area contributed by atoms with Crippen LogP contribution >= 0.6 is 0 Å². The molecule has 0 aliphatic rings. The summed E-state index contributed by atoms with van der Waals surface area (Å²) >= 11 is 0. The third kappa shape index (κ3) is 5.78. The fourth-order valence-corrected chi connectivity index (χ4v) is 2.25. The Morgan fingerprint density at radius 2 is 1.81 bits per heavy atom. The van der Waals surface area contributed by atoms with Gasteiger partial charge in [0, 0.05) is 25.4 Å². The SMILES string of the molecule is CC(CCc1ccccc1)CC(=O)NCc1ccncc1. The molecule has 0 aliphatic carbocycles. The van der Waals surface area contributed by atoms with Crippen LogP contribution in [0.15, 0.2) is 54.9 Å². The molecule has 1 aromatic heterocycles. The van der Waals surface area contributed by atoms with Gasteiger partial charge in [0.25, 0.3) is 0 Å². The minimum Gasteiger partial charge on any atom is -0.352 e. The lowest BCUT2D eigenvalue weighted by Crippen LogP contribution is -2.24. The highest BCUT2D eigenvalue weighted by atomic mass is 16.1. The molecular formula is C18H22N2O. The normalized spacial score (nSPS) is 11.9. The van der Waals surface area contributed by atoms with Gasteiger partial charge in [-0.05, 0) is 42.0 Å². The maximum atomic E-state index is 11.9. The van der Waals surface area contributed by atoms with Crippen molar-refractivity contribution in [1.82, 2.24) is 10.3 Å². The van der Waals surface area contributed by atoms with Crippen LogP contribution in [0.1, 0.15) is 30.9 Å². The molecule has 0 aliphatic heterocycles. The van der Waals surface area contributed by atoms with Crippen LogP contribution < -0.4 is 5.32 Å². The summed E-state index contributed by atoms with van der Waals surface area (Å²) in [4.78, 5) is 15.9. The first-order valence-corrected chi connectivity index (χ1v) is 7.43. The van der Waals surface area contributed by atoms with Crippen LogP contribution in [0.5, 0.6) is 0 Å². The number of hydrogen-bond donors (Lipinski definition) is 1. The lowest BCUT2D eigenvalue weighted by Gasteiger charge is -2.11. The Hall–Kier alpha value is -2.16. The van der Waals surface area contributed by atoms with Gasteiger partial charge in [0.15, 0.2) is 0 Å². The number of carbonyl (C=O) groups excluding carboxylic acids is 1. The maximum Gasteiger partial charge on any atom is 0.220 e. The minimum atomic E-state index is 0.118. The number of hydrogen-bond acceptors (Lipinski definition) is 2. The summed E-state index contributed by atoms with van der Waals surface area (Å²) in [6.07, 6.45) is 6.12. The van der Waals surface area contributed by atoms with Gasteiger partial charge < -0.3 is 5.32 Å². The first-order chi connectivity index (χ1) is 10.2. The number of pyridine rings is 1. The van der Waals surface area contributed by atoms with Gasteiger partial charge in [-0.3, -0.25) is 9.78 Å². The van der Waals surface area contributed by atoms with E-state index in [-0.39, 0.29) is 5.91 Å². The van der Waals surface area contributed by atoms with Gasteiger partial charge in [0.2, 0.25) is 5.91 Å². The molecule has 1 atom stereocenters. The molecule has 3 heteroatoms. The lowest BCUT2D eigenvalue weighted by atomic mass is 9.98. The van der Waals surface area contributed by atoms with Crippen LogP contribution in [0.25, 0.3) is 0 Å². The van der Waals surface area contributed by atoms with E-state index in [1.165, 1.54) is 5.56 Å². The minimum absolute atomic E-state index is 0.118. The number of benzene rings is 1. The van der Waals surface area contributed by atoms with Crippen LogP contribution in [0.2, 0.25) is 0 Å². The Kier molecular flexibility index (Phi) is 5.95. The van der Waals surface area contributed by atoms with Gasteiger partial charge in [-0.1, -0.05) is 37.3 Å². The second-order valence-electron chi connectivity index (χ2n) is 5.47. The van der Waals surface area contributed by atoms with Crippen molar-refractivity contribution in [2.24, 2.45) is 5.92 Å². The molecule has 0 spiro atoms. The molecular weight excluding hydrogens is 260 g/mol. The highest BCUT2D eigenvalue weighted by Crippen LogP contribution is 2.12. The zero-order valence-corrected chi connectivity index (χ0v) is 12.5. The van der Waals surface area contributed by atoms with Gasteiger partial charge in [0.05, 0.1) is 0 Å². The molecule has 1 amide bonds. The van der Waals surface area contributed by atoms with Gasteiger partial charge in [-0.15, -0.1) is 0 Å². The molecule has 110 valence electrons. The number of aryl methyl sites for hydroxylation is 1.